The number of urea groups is 1. The first-order chi connectivity index (χ1) is 13.2. The van der Waals surface area contributed by atoms with Crippen molar-refractivity contribution in [2.75, 3.05) is 7.11 Å². The molecule has 1 aromatic heterocycles. The van der Waals surface area contributed by atoms with Crippen LogP contribution in [0, 0.1) is 5.92 Å². The fourth-order valence-corrected chi connectivity index (χ4v) is 3.66. The number of nitrogens with two attached hydrogens (primary N) is 1. The number of fused-ring (bicyclic) bond motifs is 1. The van der Waals surface area contributed by atoms with E-state index in [-0.39, 0.29) is 29.6 Å². The summed E-state index contributed by atoms with van der Waals surface area (Å²) in [7, 11) is 1.27. The Bertz CT molecular complexity index is 957. The minimum atomic E-state index is -0.953. The third kappa shape index (κ3) is 5.10. The lowest BCUT2D eigenvalue weighted by molar-refractivity contribution is -0.140. The van der Waals surface area contributed by atoms with Crippen LogP contribution in [0.1, 0.15) is 20.3 Å². The number of ether oxygens (including phenoxy) is 1. The summed E-state index contributed by atoms with van der Waals surface area (Å²) in [6, 6.07) is 5.86. The molecule has 1 aromatic carbocycles. The third-order valence-corrected chi connectivity index (χ3v) is 5.47. The number of esters is 1. The van der Waals surface area contributed by atoms with Gasteiger partial charge in [0, 0.05) is 6.54 Å². The molecule has 0 aliphatic rings. The van der Waals surface area contributed by atoms with Crippen LogP contribution < -0.4 is 16.6 Å². The summed E-state index contributed by atoms with van der Waals surface area (Å²) in [6.07, 6.45) is -0.0240. The monoisotopic (exact) mass is 406 g/mol. The number of rotatable bonds is 7. The van der Waals surface area contributed by atoms with E-state index in [0.717, 1.165) is 11.8 Å². The smallest absolute Gasteiger partial charge is 0.318 e. The molecular weight excluding hydrogens is 384 g/mol. The number of methoxy groups -OCH3 is 1. The molecule has 3 N–H and O–H groups in total. The highest BCUT2D eigenvalue weighted by Crippen LogP contribution is 2.27. The normalized spacial score (nSPS) is 12.0. The van der Waals surface area contributed by atoms with Crippen LogP contribution in [0.15, 0.2) is 34.2 Å². The molecule has 0 aliphatic heterocycles. The number of benzene rings is 1. The molecule has 0 radical (unpaired) electrons. The summed E-state index contributed by atoms with van der Waals surface area (Å²) in [6.45, 7) is 3.65. The van der Waals surface area contributed by atoms with Gasteiger partial charge in [0.1, 0.15) is 0 Å². The van der Waals surface area contributed by atoms with E-state index in [1.54, 1.807) is 38.1 Å². The van der Waals surface area contributed by atoms with Gasteiger partial charge in [0.15, 0.2) is 5.16 Å². The zero-order valence-electron chi connectivity index (χ0n) is 15.8. The maximum atomic E-state index is 12.9. The summed E-state index contributed by atoms with van der Waals surface area (Å²) in [5, 5.41) is 2.02. The van der Waals surface area contributed by atoms with Crippen LogP contribution in [-0.2, 0) is 20.9 Å². The van der Waals surface area contributed by atoms with Gasteiger partial charge in [0.05, 0.1) is 29.7 Å². The molecule has 3 amide bonds. The minimum Gasteiger partial charge on any atom is -0.469 e. The van der Waals surface area contributed by atoms with Crippen molar-refractivity contribution in [1.29, 1.82) is 0 Å². The average Bonchev–Trinajstić information content (AvgIpc) is 2.64. The molecule has 0 bridgehead atoms. The molecule has 9 nitrogen and oxygen atoms in total. The zero-order chi connectivity index (χ0) is 20.8. The largest absolute Gasteiger partial charge is 0.469 e. The van der Waals surface area contributed by atoms with Gasteiger partial charge in [-0.05, 0) is 18.1 Å². The lowest BCUT2D eigenvalue weighted by Crippen LogP contribution is -2.42. The highest BCUT2D eigenvalue weighted by Gasteiger charge is 2.27. The second-order valence-electron chi connectivity index (χ2n) is 6.33. The number of nitrogens with one attached hydrogen (secondary N) is 1. The Labute approximate surface area is 165 Å². The van der Waals surface area contributed by atoms with Crippen LogP contribution in [0.4, 0.5) is 4.79 Å². The number of imide groups is 1. The fourth-order valence-electron chi connectivity index (χ4n) is 2.54. The van der Waals surface area contributed by atoms with Crippen molar-refractivity contribution in [2.24, 2.45) is 11.7 Å². The Morgan fingerprint density at radius 2 is 1.96 bits per heavy atom. The molecule has 1 heterocycles. The number of amides is 3. The van der Waals surface area contributed by atoms with Crippen molar-refractivity contribution in [3.63, 3.8) is 0 Å². The molecule has 2 aromatic rings. The Morgan fingerprint density at radius 3 is 2.57 bits per heavy atom. The predicted octanol–water partition coefficient (Wildman–Crippen LogP) is 1.27. The van der Waals surface area contributed by atoms with Crippen LogP contribution >= 0.6 is 11.8 Å². The summed E-state index contributed by atoms with van der Waals surface area (Å²) in [5.74, 6) is -1.22. The summed E-state index contributed by atoms with van der Waals surface area (Å²) in [5.41, 5.74) is 5.20. The first-order valence-electron chi connectivity index (χ1n) is 8.58. The Kier molecular flexibility index (Phi) is 7.16. The van der Waals surface area contributed by atoms with Crippen molar-refractivity contribution in [3.05, 3.63) is 34.6 Å². The number of para-hydroxylation sites is 1. The molecule has 28 heavy (non-hydrogen) atoms. The number of thioether (sulfide) groups is 1. The SMILES string of the molecule is COC(=O)CCn1c(S[C@H](C(=O)NC(N)=O)C(C)C)nc2ccccc2c1=O. The maximum Gasteiger partial charge on any atom is 0.318 e. The average molecular weight is 406 g/mol. The Morgan fingerprint density at radius 1 is 1.29 bits per heavy atom. The predicted molar refractivity (Wildman–Crippen MR) is 105 cm³/mol. The maximum absolute atomic E-state index is 12.9. The van der Waals surface area contributed by atoms with Crippen LogP contribution in [0.5, 0.6) is 0 Å². The highest BCUT2D eigenvalue weighted by atomic mass is 32.2. The van der Waals surface area contributed by atoms with Gasteiger partial charge in [0.2, 0.25) is 5.91 Å². The van der Waals surface area contributed by atoms with Crippen molar-refractivity contribution in [2.45, 2.75) is 37.2 Å². The number of carbonyl (C=O) groups is 3. The third-order valence-electron chi connectivity index (χ3n) is 3.94. The number of hydrogen-bond acceptors (Lipinski definition) is 7. The molecule has 0 unspecified atom stereocenters. The highest BCUT2D eigenvalue weighted by molar-refractivity contribution is 8.00. The van der Waals surface area contributed by atoms with Crippen LogP contribution in [0.2, 0.25) is 0 Å². The number of carbonyl (C=O) groups excluding carboxylic acids is 3. The summed E-state index contributed by atoms with van der Waals surface area (Å²) >= 11 is 1.04. The number of aromatic nitrogens is 2. The van der Waals surface area contributed by atoms with Crippen LogP contribution in [0.3, 0.4) is 0 Å². The van der Waals surface area contributed by atoms with Crippen molar-refractivity contribution in [1.82, 2.24) is 14.9 Å². The quantitative estimate of drug-likeness (QED) is 0.402. The lowest BCUT2D eigenvalue weighted by atomic mass is 10.1. The van der Waals surface area contributed by atoms with E-state index in [2.05, 4.69) is 15.0 Å². The molecule has 10 heteroatoms. The van der Waals surface area contributed by atoms with Gasteiger partial charge < -0.3 is 10.5 Å². The van der Waals surface area contributed by atoms with Gasteiger partial charge in [0.25, 0.3) is 5.56 Å². The Hall–Kier alpha value is -2.88. The summed E-state index contributed by atoms with van der Waals surface area (Å²) < 4.78 is 5.99. The molecule has 0 aliphatic carbocycles. The van der Waals surface area contributed by atoms with E-state index in [4.69, 9.17) is 5.73 Å². The van der Waals surface area contributed by atoms with Crippen LogP contribution in [-0.4, -0.2) is 39.8 Å². The molecule has 0 saturated carbocycles. The molecule has 0 fully saturated rings. The van der Waals surface area contributed by atoms with Crippen molar-refractivity contribution < 1.29 is 19.1 Å². The van der Waals surface area contributed by atoms with E-state index >= 15 is 0 Å². The fraction of sp³-hybridized carbons (Fsp3) is 0.389. The minimum absolute atomic E-state index is 0.0240. The van der Waals surface area contributed by atoms with Crippen LogP contribution in [0.25, 0.3) is 10.9 Å². The molecule has 0 spiro atoms. The molecule has 0 saturated heterocycles. The number of nitrogens with zero attached hydrogens (tertiary/aromatic N) is 2. The molecular formula is C18H22N4O5S. The second-order valence-corrected chi connectivity index (χ2v) is 7.44. The van der Waals surface area contributed by atoms with Gasteiger partial charge in [-0.25, -0.2) is 9.78 Å². The van der Waals surface area contributed by atoms with E-state index in [0.29, 0.717) is 10.9 Å². The zero-order valence-corrected chi connectivity index (χ0v) is 16.6. The lowest BCUT2D eigenvalue weighted by Gasteiger charge is -2.20. The number of primary amides is 1. The molecule has 2 rings (SSSR count). The van der Waals surface area contributed by atoms with E-state index in [1.165, 1.54) is 11.7 Å². The van der Waals surface area contributed by atoms with E-state index < -0.39 is 23.2 Å². The van der Waals surface area contributed by atoms with Gasteiger partial charge in [-0.2, -0.15) is 0 Å². The van der Waals surface area contributed by atoms with E-state index in [1.807, 2.05) is 0 Å². The van der Waals surface area contributed by atoms with Crippen molar-refractivity contribution >= 4 is 40.6 Å². The first kappa shape index (κ1) is 21.4. The second kappa shape index (κ2) is 9.36. The Balaban J connectivity index is 2.50. The van der Waals surface area contributed by atoms with Gasteiger partial charge >= 0.3 is 12.0 Å². The van der Waals surface area contributed by atoms with Crippen molar-refractivity contribution in [3.8, 4) is 0 Å². The summed E-state index contributed by atoms with van der Waals surface area (Å²) in [4.78, 5) is 52.4. The van der Waals surface area contributed by atoms with E-state index in [9.17, 15) is 19.2 Å². The topological polar surface area (TPSA) is 133 Å². The van der Waals surface area contributed by atoms with Gasteiger partial charge in [-0.15, -0.1) is 0 Å². The standard InChI is InChI=1S/C18H22N4O5S/c1-10(2)14(15(24)21-17(19)26)28-18-20-12-7-5-4-6-11(12)16(25)22(18)9-8-13(23)27-3/h4-7,10,14H,8-9H2,1-3H3,(H3,19,21,24,26)/t14-/m0/s1. The molecule has 150 valence electrons. The van der Waals surface area contributed by atoms with Gasteiger partial charge in [-0.3, -0.25) is 24.3 Å². The first-order valence-corrected chi connectivity index (χ1v) is 9.46. The van der Waals surface area contributed by atoms with Gasteiger partial charge in [-0.1, -0.05) is 37.7 Å². The number of hydrogen-bond donors (Lipinski definition) is 2. The molecule has 1 atom stereocenters.